The number of imidazole rings is 1. The largest absolute Gasteiger partial charge is 0.480 e. The fourth-order valence-electron chi connectivity index (χ4n) is 3.77. The molecule has 13 nitrogen and oxygen atoms in total. The van der Waals surface area contributed by atoms with Crippen LogP contribution in [-0.2, 0) is 27.2 Å². The van der Waals surface area contributed by atoms with Crippen molar-refractivity contribution >= 4 is 34.6 Å². The number of aromatic amines is 2. The van der Waals surface area contributed by atoms with Crippen molar-refractivity contribution in [3.63, 3.8) is 0 Å². The number of aliphatic imine (C=N–C) groups is 1. The van der Waals surface area contributed by atoms with Gasteiger partial charge < -0.3 is 42.9 Å². The number of carboxylic acid groups (broad SMARTS) is 1. The number of rotatable bonds is 13. The van der Waals surface area contributed by atoms with Crippen LogP contribution in [0.4, 0.5) is 0 Å². The first-order chi connectivity index (χ1) is 17.2. The van der Waals surface area contributed by atoms with E-state index in [4.69, 9.17) is 17.2 Å². The Bertz CT molecular complexity index is 1200. The molecule has 2 heterocycles. The van der Waals surface area contributed by atoms with E-state index in [1.54, 1.807) is 6.20 Å². The van der Waals surface area contributed by atoms with Crippen LogP contribution in [0, 0.1) is 0 Å². The molecule has 0 aliphatic heterocycles. The summed E-state index contributed by atoms with van der Waals surface area (Å²) in [4.78, 5) is 51.3. The first-order valence-corrected chi connectivity index (χ1v) is 11.4. The van der Waals surface area contributed by atoms with E-state index in [2.05, 4.69) is 30.6 Å². The molecule has 0 radical (unpaired) electrons. The number of H-pyrrole nitrogens is 2. The van der Waals surface area contributed by atoms with E-state index in [1.807, 2.05) is 24.3 Å². The van der Waals surface area contributed by atoms with Crippen molar-refractivity contribution in [2.24, 2.45) is 22.2 Å². The molecule has 0 aliphatic carbocycles. The molecule has 0 saturated carbocycles. The average Bonchev–Trinajstić information content (AvgIpc) is 3.50. The van der Waals surface area contributed by atoms with Crippen LogP contribution < -0.4 is 27.8 Å². The van der Waals surface area contributed by atoms with Gasteiger partial charge in [0.1, 0.15) is 12.1 Å². The first-order valence-electron chi connectivity index (χ1n) is 11.4. The monoisotopic (exact) mass is 497 g/mol. The number of nitrogens with one attached hydrogen (secondary N) is 4. The summed E-state index contributed by atoms with van der Waals surface area (Å²) >= 11 is 0. The van der Waals surface area contributed by atoms with E-state index in [0.29, 0.717) is 12.1 Å². The molecule has 3 aromatic rings. The summed E-state index contributed by atoms with van der Waals surface area (Å²) in [5.41, 5.74) is 19.2. The summed E-state index contributed by atoms with van der Waals surface area (Å²) in [6.07, 6.45) is 5.46. The Balaban J connectivity index is 1.67. The molecule has 0 bridgehead atoms. The Morgan fingerprint density at radius 2 is 1.81 bits per heavy atom. The van der Waals surface area contributed by atoms with Gasteiger partial charge in [-0.2, -0.15) is 0 Å². The molecule has 2 aromatic heterocycles. The zero-order valence-electron chi connectivity index (χ0n) is 19.6. The maximum Gasteiger partial charge on any atom is 0.326 e. The van der Waals surface area contributed by atoms with E-state index >= 15 is 0 Å². The lowest BCUT2D eigenvalue weighted by Crippen LogP contribution is -2.55. The van der Waals surface area contributed by atoms with Crippen LogP contribution >= 0.6 is 0 Å². The number of guanidine groups is 1. The third kappa shape index (κ3) is 7.30. The van der Waals surface area contributed by atoms with E-state index in [1.165, 1.54) is 12.5 Å². The van der Waals surface area contributed by atoms with Gasteiger partial charge in [0.05, 0.1) is 12.4 Å². The maximum atomic E-state index is 13.0. The highest BCUT2D eigenvalue weighted by molar-refractivity contribution is 5.92. The van der Waals surface area contributed by atoms with Crippen molar-refractivity contribution < 1.29 is 19.5 Å². The Hall–Kier alpha value is -4.39. The second kappa shape index (κ2) is 12.4. The number of hydrogen-bond acceptors (Lipinski definition) is 6. The highest BCUT2D eigenvalue weighted by atomic mass is 16.4. The molecule has 0 spiro atoms. The Morgan fingerprint density at radius 3 is 2.50 bits per heavy atom. The number of para-hydroxylation sites is 1. The van der Waals surface area contributed by atoms with Gasteiger partial charge in [-0.25, -0.2) is 9.78 Å². The number of nitrogens with zero attached hydrogens (tertiary/aromatic N) is 2. The molecule has 3 rings (SSSR count). The first kappa shape index (κ1) is 26.2. The molecule has 0 saturated heterocycles. The minimum absolute atomic E-state index is 0.00415. The molecule has 13 heteroatoms. The molecule has 192 valence electrons. The Morgan fingerprint density at radius 1 is 1.06 bits per heavy atom. The number of aliphatic carboxylic acids is 1. The number of benzene rings is 1. The molecule has 11 N–H and O–H groups in total. The summed E-state index contributed by atoms with van der Waals surface area (Å²) in [7, 11) is 0. The zero-order valence-corrected chi connectivity index (χ0v) is 19.6. The number of amides is 2. The third-order valence-electron chi connectivity index (χ3n) is 5.62. The SMILES string of the molecule is NC(N)=NCCCC(NC(=O)C(N)Cc1c[nH]c2ccccc12)C(=O)NC(Cc1cnc[nH]1)C(=O)O. The molecular weight excluding hydrogens is 466 g/mol. The molecule has 3 unspecified atom stereocenters. The van der Waals surface area contributed by atoms with Crippen LogP contribution in [-0.4, -0.2) is 68.5 Å². The van der Waals surface area contributed by atoms with Gasteiger partial charge in [0.25, 0.3) is 0 Å². The highest BCUT2D eigenvalue weighted by Crippen LogP contribution is 2.18. The number of carbonyl (C=O) groups is 3. The van der Waals surface area contributed by atoms with Crippen LogP contribution in [0.25, 0.3) is 10.9 Å². The van der Waals surface area contributed by atoms with E-state index in [9.17, 15) is 19.5 Å². The van der Waals surface area contributed by atoms with Gasteiger partial charge in [0, 0.05) is 42.0 Å². The van der Waals surface area contributed by atoms with Gasteiger partial charge in [-0.1, -0.05) is 18.2 Å². The summed E-state index contributed by atoms with van der Waals surface area (Å²) in [6, 6.07) is 4.44. The molecule has 36 heavy (non-hydrogen) atoms. The van der Waals surface area contributed by atoms with Crippen molar-refractivity contribution in [3.8, 4) is 0 Å². The van der Waals surface area contributed by atoms with Crippen molar-refractivity contribution in [1.82, 2.24) is 25.6 Å². The minimum atomic E-state index is -1.23. The van der Waals surface area contributed by atoms with E-state index < -0.39 is 35.9 Å². The fourth-order valence-corrected chi connectivity index (χ4v) is 3.77. The lowest BCUT2D eigenvalue weighted by atomic mass is 10.0. The van der Waals surface area contributed by atoms with Crippen LogP contribution in [0.2, 0.25) is 0 Å². The highest BCUT2D eigenvalue weighted by Gasteiger charge is 2.28. The van der Waals surface area contributed by atoms with Gasteiger partial charge in [0.2, 0.25) is 11.8 Å². The van der Waals surface area contributed by atoms with Crippen molar-refractivity contribution in [3.05, 3.63) is 54.2 Å². The molecule has 2 amide bonds. The predicted octanol–water partition coefficient (Wildman–Crippen LogP) is -0.889. The number of fused-ring (bicyclic) bond motifs is 1. The van der Waals surface area contributed by atoms with Gasteiger partial charge in [-0.05, 0) is 30.9 Å². The predicted molar refractivity (Wildman–Crippen MR) is 134 cm³/mol. The topological polar surface area (TPSA) is 230 Å². The summed E-state index contributed by atoms with van der Waals surface area (Å²) in [5.74, 6) is -2.51. The average molecular weight is 498 g/mol. The van der Waals surface area contributed by atoms with E-state index in [-0.39, 0.29) is 31.8 Å². The van der Waals surface area contributed by atoms with Gasteiger partial charge in [-0.15, -0.1) is 0 Å². The number of nitrogens with two attached hydrogens (primary N) is 3. The quantitative estimate of drug-likeness (QED) is 0.0836. The number of carbonyl (C=O) groups excluding carboxylic acids is 2. The minimum Gasteiger partial charge on any atom is -0.480 e. The normalized spacial score (nSPS) is 13.5. The second-order valence-electron chi connectivity index (χ2n) is 8.36. The number of hydrogen-bond donors (Lipinski definition) is 8. The summed E-state index contributed by atoms with van der Waals surface area (Å²) < 4.78 is 0. The molecular formula is C23H31N9O4. The van der Waals surface area contributed by atoms with Gasteiger partial charge >= 0.3 is 5.97 Å². The molecule has 0 fully saturated rings. The lowest BCUT2D eigenvalue weighted by molar-refractivity contribution is -0.142. The van der Waals surface area contributed by atoms with E-state index in [0.717, 1.165) is 16.5 Å². The maximum absolute atomic E-state index is 13.0. The molecule has 3 atom stereocenters. The van der Waals surface area contributed by atoms with Crippen molar-refractivity contribution in [2.45, 2.75) is 43.8 Å². The lowest BCUT2D eigenvalue weighted by Gasteiger charge is -2.22. The zero-order chi connectivity index (χ0) is 26.1. The summed E-state index contributed by atoms with van der Waals surface area (Å²) in [5, 5.41) is 15.7. The molecule has 1 aromatic carbocycles. The smallest absolute Gasteiger partial charge is 0.326 e. The van der Waals surface area contributed by atoms with Crippen LogP contribution in [0.15, 0.2) is 48.0 Å². The Kier molecular flexibility index (Phi) is 9.00. The third-order valence-corrected chi connectivity index (χ3v) is 5.62. The standard InChI is InChI=1S/C23H31N9O4/c24-16(8-13-10-29-17-5-2-1-4-15(13)17)20(33)31-18(6-3-7-28-23(25)26)21(34)32-19(22(35)36)9-14-11-27-12-30-14/h1-2,4-5,10-12,16,18-19,29H,3,6-9,24H2,(H,27,30)(H,31,33)(H,32,34)(H,35,36)(H4,25,26,28). The van der Waals surface area contributed by atoms with Crippen LogP contribution in [0.3, 0.4) is 0 Å². The summed E-state index contributed by atoms with van der Waals surface area (Å²) in [6.45, 7) is 0.236. The van der Waals surface area contributed by atoms with Crippen molar-refractivity contribution in [1.29, 1.82) is 0 Å². The van der Waals surface area contributed by atoms with Crippen LogP contribution in [0.1, 0.15) is 24.1 Å². The number of aromatic nitrogens is 3. The van der Waals surface area contributed by atoms with Gasteiger partial charge in [0.15, 0.2) is 5.96 Å². The Labute approximate surface area is 206 Å². The second-order valence-corrected chi connectivity index (χ2v) is 8.36. The number of carboxylic acids is 1. The van der Waals surface area contributed by atoms with Gasteiger partial charge in [-0.3, -0.25) is 14.6 Å². The molecule has 0 aliphatic rings. The van der Waals surface area contributed by atoms with Crippen LogP contribution in [0.5, 0.6) is 0 Å². The van der Waals surface area contributed by atoms with Crippen molar-refractivity contribution in [2.75, 3.05) is 6.54 Å². The fraction of sp³-hybridized carbons (Fsp3) is 0.348.